The maximum Gasteiger partial charge on any atom is 0.318 e. The van der Waals surface area contributed by atoms with Crippen LogP contribution in [0.4, 0.5) is 0 Å². The number of hydrogen-bond donors (Lipinski definition) is 0. The Morgan fingerprint density at radius 1 is 1.37 bits per heavy atom. The molecule has 6 nitrogen and oxygen atoms in total. The van der Waals surface area contributed by atoms with Gasteiger partial charge in [0.25, 0.3) is 5.54 Å². The van der Waals surface area contributed by atoms with E-state index < -0.39 is 17.4 Å². The van der Waals surface area contributed by atoms with Gasteiger partial charge in [-0.15, -0.1) is 0 Å². The fraction of sp³-hybridized carbons (Fsp3) is 0.476. The minimum atomic E-state index is -1.49. The Morgan fingerprint density at radius 2 is 2.11 bits per heavy atom. The van der Waals surface area contributed by atoms with E-state index in [9.17, 15) is 14.9 Å². The number of allylic oxidation sites excluding steroid dienone is 3. The zero-order chi connectivity index (χ0) is 19.4. The number of nitrogens with zero attached hydrogens (tertiary/aromatic N) is 2. The Labute approximate surface area is 159 Å². The first kappa shape index (κ1) is 19.3. The van der Waals surface area contributed by atoms with Crippen molar-refractivity contribution < 1.29 is 14.5 Å². The summed E-state index contributed by atoms with van der Waals surface area (Å²) in [4.78, 5) is 26.8. The van der Waals surface area contributed by atoms with Crippen LogP contribution >= 0.6 is 0 Å². The van der Waals surface area contributed by atoms with Crippen molar-refractivity contribution in [3.05, 3.63) is 70.3 Å². The number of likely N-dealkylation sites (tertiary alicyclic amines) is 1. The van der Waals surface area contributed by atoms with Crippen LogP contribution < -0.4 is 0 Å². The molecule has 6 heteroatoms. The monoisotopic (exact) mass is 370 g/mol. The molecule has 0 amide bonds. The Morgan fingerprint density at radius 3 is 2.70 bits per heavy atom. The lowest BCUT2D eigenvalue weighted by Crippen LogP contribution is -2.47. The summed E-state index contributed by atoms with van der Waals surface area (Å²) in [6, 6.07) is 8.96. The molecule has 1 saturated heterocycles. The van der Waals surface area contributed by atoms with Crippen molar-refractivity contribution in [3.63, 3.8) is 0 Å². The lowest BCUT2D eigenvalue weighted by molar-refractivity contribution is -0.581. The summed E-state index contributed by atoms with van der Waals surface area (Å²) in [7, 11) is 0. The van der Waals surface area contributed by atoms with E-state index in [1.54, 1.807) is 31.2 Å². The lowest BCUT2D eigenvalue weighted by atomic mass is 9.81. The van der Waals surface area contributed by atoms with Gasteiger partial charge in [0.1, 0.15) is 5.92 Å². The molecule has 144 valence electrons. The first-order chi connectivity index (χ1) is 13.0. The highest BCUT2D eigenvalue weighted by Gasteiger charge is 2.62. The van der Waals surface area contributed by atoms with Gasteiger partial charge in [-0.3, -0.25) is 19.8 Å². The molecule has 0 aromatic heterocycles. The number of rotatable bonds is 6. The first-order valence-electron chi connectivity index (χ1n) is 9.44. The second-order valence-corrected chi connectivity index (χ2v) is 7.23. The van der Waals surface area contributed by atoms with E-state index in [1.165, 1.54) is 0 Å². The fourth-order valence-corrected chi connectivity index (χ4v) is 4.23. The number of carbonyl (C=O) groups is 1. The highest BCUT2D eigenvalue weighted by atomic mass is 16.6. The molecule has 1 aromatic carbocycles. The summed E-state index contributed by atoms with van der Waals surface area (Å²) in [5, 5.41) is 12.3. The van der Waals surface area contributed by atoms with Gasteiger partial charge in [-0.1, -0.05) is 54.6 Å². The number of esters is 1. The van der Waals surface area contributed by atoms with E-state index in [2.05, 4.69) is 24.0 Å². The molecular formula is C21H26N2O4. The molecule has 1 aliphatic heterocycles. The maximum atomic E-state index is 12.7. The molecule has 1 heterocycles. The zero-order valence-corrected chi connectivity index (χ0v) is 15.8. The fourth-order valence-electron chi connectivity index (χ4n) is 4.23. The van der Waals surface area contributed by atoms with Gasteiger partial charge in [0, 0.05) is 23.1 Å². The molecule has 0 bridgehead atoms. The summed E-state index contributed by atoms with van der Waals surface area (Å²) in [6.45, 7) is 4.54. The van der Waals surface area contributed by atoms with Gasteiger partial charge < -0.3 is 4.74 Å². The molecule has 1 fully saturated rings. The van der Waals surface area contributed by atoms with Crippen LogP contribution in [0, 0.1) is 22.0 Å². The Bertz CT molecular complexity index is 746. The summed E-state index contributed by atoms with van der Waals surface area (Å²) >= 11 is 0. The summed E-state index contributed by atoms with van der Waals surface area (Å²) < 4.78 is 5.23. The molecule has 2 aliphatic rings. The van der Waals surface area contributed by atoms with Gasteiger partial charge in [-0.05, 0) is 26.2 Å². The smallest absolute Gasteiger partial charge is 0.318 e. The van der Waals surface area contributed by atoms with E-state index in [0.29, 0.717) is 12.1 Å². The number of carbonyl (C=O) groups excluding carboxylic acids is 1. The normalized spacial score (nSPS) is 28.8. The highest BCUT2D eigenvalue weighted by molar-refractivity contribution is 5.75. The van der Waals surface area contributed by atoms with Crippen molar-refractivity contribution in [2.75, 3.05) is 19.7 Å². The van der Waals surface area contributed by atoms with Crippen LogP contribution in [0.3, 0.4) is 0 Å². The zero-order valence-electron chi connectivity index (χ0n) is 15.8. The van der Waals surface area contributed by atoms with Gasteiger partial charge in [-0.25, -0.2) is 0 Å². The van der Waals surface area contributed by atoms with Crippen LogP contribution in [0.25, 0.3) is 0 Å². The van der Waals surface area contributed by atoms with Crippen LogP contribution in [0.2, 0.25) is 0 Å². The van der Waals surface area contributed by atoms with Crippen LogP contribution in [0.15, 0.2) is 54.6 Å². The molecule has 4 atom stereocenters. The molecule has 3 rings (SSSR count). The van der Waals surface area contributed by atoms with Crippen LogP contribution in [-0.4, -0.2) is 41.5 Å². The van der Waals surface area contributed by atoms with E-state index >= 15 is 0 Å². The predicted molar refractivity (Wildman–Crippen MR) is 103 cm³/mol. The quantitative estimate of drug-likeness (QED) is 0.437. The summed E-state index contributed by atoms with van der Waals surface area (Å²) in [5.74, 6) is -1.05. The molecule has 0 radical (unpaired) electrons. The third kappa shape index (κ3) is 3.54. The third-order valence-corrected chi connectivity index (χ3v) is 5.82. The first-order valence-corrected chi connectivity index (χ1v) is 9.44. The van der Waals surface area contributed by atoms with Crippen molar-refractivity contribution >= 4 is 5.97 Å². The van der Waals surface area contributed by atoms with Crippen molar-refractivity contribution in [1.29, 1.82) is 0 Å². The Balaban J connectivity index is 1.98. The third-order valence-electron chi connectivity index (χ3n) is 5.82. The van der Waals surface area contributed by atoms with Crippen LogP contribution in [-0.2, 0) is 15.1 Å². The molecular weight excluding hydrogens is 344 g/mol. The van der Waals surface area contributed by atoms with E-state index in [0.717, 1.165) is 6.42 Å². The predicted octanol–water partition coefficient (Wildman–Crippen LogP) is 3.17. The summed E-state index contributed by atoms with van der Waals surface area (Å²) in [6.07, 6.45) is 9.17. The van der Waals surface area contributed by atoms with Crippen molar-refractivity contribution in [2.24, 2.45) is 11.8 Å². The standard InChI is InChI=1S/C21H26N2O4/c1-3-27-20(24)19-14-22(16(2)17-10-6-4-7-11-17)15-21(19,23(25)26)18-12-8-5-9-13-18/h4-10,12-13,16-17,19H,3,11,14-15H2,1-2H3/t16-,17?,19?,21?/m1/s1. The highest BCUT2D eigenvalue weighted by Crippen LogP contribution is 2.42. The molecule has 0 N–H and O–H groups in total. The van der Waals surface area contributed by atoms with Crippen molar-refractivity contribution in [3.8, 4) is 0 Å². The minimum absolute atomic E-state index is 0.0914. The topological polar surface area (TPSA) is 72.7 Å². The maximum absolute atomic E-state index is 12.7. The molecule has 0 saturated carbocycles. The minimum Gasteiger partial charge on any atom is -0.466 e. The van der Waals surface area contributed by atoms with E-state index in [4.69, 9.17) is 4.74 Å². The van der Waals surface area contributed by atoms with E-state index in [-0.39, 0.29) is 30.0 Å². The van der Waals surface area contributed by atoms with Gasteiger partial charge in [0.15, 0.2) is 0 Å². The average molecular weight is 370 g/mol. The van der Waals surface area contributed by atoms with Gasteiger partial charge in [0.2, 0.25) is 0 Å². The molecule has 27 heavy (non-hydrogen) atoms. The van der Waals surface area contributed by atoms with E-state index in [1.807, 2.05) is 18.2 Å². The second-order valence-electron chi connectivity index (χ2n) is 7.23. The molecule has 1 aromatic rings. The number of nitro groups is 1. The van der Waals surface area contributed by atoms with Gasteiger partial charge >= 0.3 is 5.97 Å². The van der Waals surface area contributed by atoms with Gasteiger partial charge in [-0.2, -0.15) is 0 Å². The largest absolute Gasteiger partial charge is 0.466 e. The molecule has 0 spiro atoms. The summed E-state index contributed by atoms with van der Waals surface area (Å²) in [5.41, 5.74) is -0.933. The molecule has 1 aliphatic carbocycles. The van der Waals surface area contributed by atoms with Crippen LogP contribution in [0.5, 0.6) is 0 Å². The number of ether oxygens (including phenoxy) is 1. The molecule has 3 unspecified atom stereocenters. The average Bonchev–Trinajstić information content (AvgIpc) is 3.11. The van der Waals surface area contributed by atoms with Crippen molar-refractivity contribution in [1.82, 2.24) is 4.90 Å². The van der Waals surface area contributed by atoms with Crippen LogP contribution in [0.1, 0.15) is 25.8 Å². The number of benzene rings is 1. The Hall–Kier alpha value is -2.47. The van der Waals surface area contributed by atoms with Gasteiger partial charge in [0.05, 0.1) is 13.2 Å². The Kier molecular flexibility index (Phi) is 5.75. The SMILES string of the molecule is CCOC(=O)C1CN([C@H](C)C2C=CC=CC2)CC1(c1ccccc1)[N+](=O)[O-]. The van der Waals surface area contributed by atoms with Crippen molar-refractivity contribution in [2.45, 2.75) is 31.8 Å². The second kappa shape index (κ2) is 8.05. The number of hydrogen-bond acceptors (Lipinski definition) is 5. The lowest BCUT2D eigenvalue weighted by Gasteiger charge is -2.31.